The number of benzene rings is 1. The highest BCUT2D eigenvalue weighted by Gasteiger charge is 2.29. The van der Waals surface area contributed by atoms with Crippen molar-refractivity contribution in [3.8, 4) is 0 Å². The third-order valence-electron chi connectivity index (χ3n) is 5.36. The van der Waals surface area contributed by atoms with Crippen LogP contribution in [-0.4, -0.2) is 45.4 Å². The molecular weight excluding hydrogens is 398 g/mol. The van der Waals surface area contributed by atoms with Crippen LogP contribution in [0.5, 0.6) is 0 Å². The highest BCUT2D eigenvalue weighted by molar-refractivity contribution is 7.98. The number of carbonyl (C=O) groups excluding carboxylic acids is 2. The Morgan fingerprint density at radius 1 is 1.10 bits per heavy atom. The molecule has 0 saturated carbocycles. The van der Waals surface area contributed by atoms with Gasteiger partial charge in [0, 0.05) is 29.2 Å². The average molecular weight is 428 g/mol. The topological polar surface area (TPSA) is 72.4 Å². The fraction of sp³-hybridized carbons (Fsp3) is 0.478. The van der Waals surface area contributed by atoms with Gasteiger partial charge in [-0.15, -0.1) is 0 Å². The van der Waals surface area contributed by atoms with E-state index in [9.17, 15) is 9.59 Å². The minimum atomic E-state index is -0.474. The van der Waals surface area contributed by atoms with E-state index in [0.29, 0.717) is 16.5 Å². The predicted molar refractivity (Wildman–Crippen MR) is 117 cm³/mol. The zero-order chi connectivity index (χ0) is 21.7. The summed E-state index contributed by atoms with van der Waals surface area (Å²) >= 11 is 1.48. The van der Waals surface area contributed by atoms with E-state index in [2.05, 4.69) is 23.8 Å². The van der Waals surface area contributed by atoms with Gasteiger partial charge in [-0.25, -0.2) is 14.8 Å². The Balaban J connectivity index is 1.63. The average Bonchev–Trinajstić information content (AvgIpc) is 2.70. The fourth-order valence-electron chi connectivity index (χ4n) is 3.94. The molecular formula is C23H29N3O3S. The number of aryl methyl sites for hydroxylation is 2. The van der Waals surface area contributed by atoms with Crippen molar-refractivity contribution in [3.05, 3.63) is 52.8 Å². The van der Waals surface area contributed by atoms with E-state index in [1.165, 1.54) is 11.8 Å². The van der Waals surface area contributed by atoms with Crippen molar-refractivity contribution < 1.29 is 14.3 Å². The highest BCUT2D eigenvalue weighted by atomic mass is 32.2. The van der Waals surface area contributed by atoms with Gasteiger partial charge in [0.05, 0.1) is 5.56 Å². The summed E-state index contributed by atoms with van der Waals surface area (Å²) in [4.78, 5) is 36.1. The molecule has 2 heterocycles. The smallest absolute Gasteiger partial charge is 0.338 e. The second-order valence-electron chi connectivity index (χ2n) is 7.89. The van der Waals surface area contributed by atoms with Crippen LogP contribution in [0.2, 0.25) is 0 Å². The molecule has 0 bridgehead atoms. The molecule has 30 heavy (non-hydrogen) atoms. The number of thioether (sulfide) groups is 1. The second-order valence-corrected chi connectivity index (χ2v) is 8.83. The maximum Gasteiger partial charge on any atom is 0.338 e. The van der Waals surface area contributed by atoms with Crippen molar-refractivity contribution in [1.82, 2.24) is 14.9 Å². The molecule has 7 heteroatoms. The Labute approximate surface area is 182 Å². The number of ether oxygens (including phenoxy) is 1. The first kappa shape index (κ1) is 22.3. The van der Waals surface area contributed by atoms with E-state index < -0.39 is 5.97 Å². The summed E-state index contributed by atoms with van der Waals surface area (Å²) < 4.78 is 5.40. The molecule has 0 radical (unpaired) electrons. The third-order valence-corrected chi connectivity index (χ3v) is 6.26. The summed E-state index contributed by atoms with van der Waals surface area (Å²) in [5, 5.41) is 0.680. The Bertz CT molecular complexity index is 888. The first-order valence-electron chi connectivity index (χ1n) is 10.4. The summed E-state index contributed by atoms with van der Waals surface area (Å²) in [6.45, 7) is 7.75. The highest BCUT2D eigenvalue weighted by Crippen LogP contribution is 2.24. The molecule has 160 valence electrons. The van der Waals surface area contributed by atoms with Gasteiger partial charge in [-0.2, -0.15) is 0 Å². The lowest BCUT2D eigenvalue weighted by Gasteiger charge is -2.38. The lowest BCUT2D eigenvalue weighted by atomic mass is 9.97. The molecule has 1 aromatic heterocycles. The van der Waals surface area contributed by atoms with Gasteiger partial charge in [-0.1, -0.05) is 30.0 Å². The normalized spacial score (nSPS) is 18.9. The lowest BCUT2D eigenvalue weighted by Crippen LogP contribution is -2.49. The van der Waals surface area contributed by atoms with Gasteiger partial charge in [0.2, 0.25) is 0 Å². The second kappa shape index (κ2) is 10.1. The van der Waals surface area contributed by atoms with Crippen LogP contribution in [0.1, 0.15) is 60.4 Å². The number of likely N-dealkylation sites (tertiary alicyclic amines) is 1. The Hall–Kier alpha value is -2.41. The largest absolute Gasteiger partial charge is 0.452 e. The van der Waals surface area contributed by atoms with E-state index in [0.717, 1.165) is 36.2 Å². The summed E-state index contributed by atoms with van der Waals surface area (Å²) in [6, 6.07) is 9.60. The summed E-state index contributed by atoms with van der Waals surface area (Å²) in [7, 11) is 0. The number of amides is 1. The minimum Gasteiger partial charge on any atom is -0.452 e. The Morgan fingerprint density at radius 3 is 2.40 bits per heavy atom. The van der Waals surface area contributed by atoms with Crippen LogP contribution in [0.3, 0.4) is 0 Å². The molecule has 1 fully saturated rings. The van der Waals surface area contributed by atoms with Gasteiger partial charge >= 0.3 is 5.97 Å². The number of carbonyl (C=O) groups is 2. The molecule has 0 unspecified atom stereocenters. The van der Waals surface area contributed by atoms with Crippen LogP contribution < -0.4 is 0 Å². The van der Waals surface area contributed by atoms with E-state index in [4.69, 9.17) is 4.74 Å². The van der Waals surface area contributed by atoms with Crippen molar-refractivity contribution in [2.24, 2.45) is 0 Å². The quantitative estimate of drug-likeness (QED) is 0.388. The van der Waals surface area contributed by atoms with E-state index in [1.54, 1.807) is 12.1 Å². The molecule has 0 spiro atoms. The van der Waals surface area contributed by atoms with E-state index >= 15 is 0 Å². The van der Waals surface area contributed by atoms with Crippen LogP contribution in [0.25, 0.3) is 0 Å². The summed E-state index contributed by atoms with van der Waals surface area (Å²) in [5.41, 5.74) is 3.14. The SMILES string of the molecule is Cc1cc(C)nc(SCc2ccccc2C(=O)OCC(=O)N2[C@@H](C)CCC[C@@H]2C)n1. The number of hydrogen-bond acceptors (Lipinski definition) is 6. The number of esters is 1. The van der Waals surface area contributed by atoms with Crippen LogP contribution >= 0.6 is 11.8 Å². The molecule has 0 aliphatic carbocycles. The number of nitrogens with zero attached hydrogens (tertiary/aromatic N) is 3. The first-order chi connectivity index (χ1) is 14.3. The molecule has 2 aromatic rings. The van der Waals surface area contributed by atoms with Crippen molar-refractivity contribution in [2.45, 2.75) is 70.0 Å². The van der Waals surface area contributed by atoms with Crippen molar-refractivity contribution in [2.75, 3.05) is 6.61 Å². The number of hydrogen-bond donors (Lipinski definition) is 0. The van der Waals surface area contributed by atoms with Crippen LogP contribution in [0, 0.1) is 13.8 Å². The van der Waals surface area contributed by atoms with Gasteiger partial charge < -0.3 is 9.64 Å². The van der Waals surface area contributed by atoms with Crippen LogP contribution in [0.4, 0.5) is 0 Å². The van der Waals surface area contributed by atoms with Gasteiger partial charge in [-0.3, -0.25) is 4.79 Å². The zero-order valence-corrected chi connectivity index (χ0v) is 18.9. The molecule has 3 rings (SSSR count). The standard InChI is InChI=1S/C23H29N3O3S/c1-15-12-16(2)25-23(24-15)30-14-19-10-5-6-11-20(19)22(28)29-13-21(27)26-17(3)8-7-9-18(26)4/h5-6,10-12,17-18H,7-9,13-14H2,1-4H3/t17-,18-/m0/s1. The number of aromatic nitrogens is 2. The first-order valence-corrected chi connectivity index (χ1v) is 11.3. The molecule has 1 aromatic carbocycles. The van der Waals surface area contributed by atoms with Crippen LogP contribution in [0.15, 0.2) is 35.5 Å². The summed E-state index contributed by atoms with van der Waals surface area (Å²) in [6.07, 6.45) is 3.11. The predicted octanol–water partition coefficient (Wildman–Crippen LogP) is 4.33. The monoisotopic (exact) mass is 427 g/mol. The zero-order valence-electron chi connectivity index (χ0n) is 18.1. The minimum absolute atomic E-state index is 0.126. The van der Waals surface area contributed by atoms with Crippen LogP contribution in [-0.2, 0) is 15.3 Å². The van der Waals surface area contributed by atoms with Gasteiger partial charge in [0.25, 0.3) is 5.91 Å². The van der Waals surface area contributed by atoms with E-state index in [-0.39, 0.29) is 24.6 Å². The number of rotatable bonds is 6. The van der Waals surface area contributed by atoms with Gasteiger partial charge in [0.15, 0.2) is 11.8 Å². The Morgan fingerprint density at radius 2 is 1.73 bits per heavy atom. The van der Waals surface area contributed by atoms with Crippen molar-refractivity contribution in [3.63, 3.8) is 0 Å². The number of piperidine rings is 1. The maximum atomic E-state index is 12.7. The molecule has 1 aliphatic rings. The molecule has 1 saturated heterocycles. The van der Waals surface area contributed by atoms with E-state index in [1.807, 2.05) is 36.9 Å². The maximum absolute atomic E-state index is 12.7. The van der Waals surface area contributed by atoms with Gasteiger partial charge in [0.1, 0.15) is 0 Å². The Kier molecular flexibility index (Phi) is 7.48. The van der Waals surface area contributed by atoms with Crippen molar-refractivity contribution in [1.29, 1.82) is 0 Å². The molecule has 6 nitrogen and oxygen atoms in total. The summed E-state index contributed by atoms with van der Waals surface area (Å²) in [5.74, 6) is -0.0563. The molecule has 0 N–H and O–H groups in total. The third kappa shape index (κ3) is 5.59. The fourth-order valence-corrected chi connectivity index (χ4v) is 4.89. The molecule has 1 amide bonds. The van der Waals surface area contributed by atoms with Gasteiger partial charge in [-0.05, 0) is 64.7 Å². The lowest BCUT2D eigenvalue weighted by molar-refractivity contribution is -0.140. The molecule has 2 atom stereocenters. The van der Waals surface area contributed by atoms with Crippen molar-refractivity contribution >= 4 is 23.6 Å². The molecule has 1 aliphatic heterocycles.